The van der Waals surface area contributed by atoms with Crippen LogP contribution in [0.3, 0.4) is 0 Å². The summed E-state index contributed by atoms with van der Waals surface area (Å²) in [5.41, 5.74) is 0. The fraction of sp³-hybridized carbons (Fsp3) is 0.818. The first kappa shape index (κ1) is 10.6. The van der Waals surface area contributed by atoms with E-state index in [0.717, 1.165) is 30.7 Å². The summed E-state index contributed by atoms with van der Waals surface area (Å²) in [6, 6.07) is 0.627. The topological polar surface area (TPSA) is 42.2 Å². The Morgan fingerprint density at radius 2 is 2.07 bits per heavy atom. The second kappa shape index (κ2) is 4.31. The van der Waals surface area contributed by atoms with Crippen LogP contribution in [0, 0.1) is 5.92 Å². The van der Waals surface area contributed by atoms with Crippen LogP contribution < -0.4 is 0 Å². The highest BCUT2D eigenvalue weighted by atomic mass is 16.4. The highest BCUT2D eigenvalue weighted by Crippen LogP contribution is 2.34. The molecule has 1 unspecified atom stereocenters. The zero-order chi connectivity index (χ0) is 10.8. The van der Waals surface area contributed by atoms with Gasteiger partial charge in [-0.15, -0.1) is 10.2 Å². The molecule has 4 heteroatoms. The van der Waals surface area contributed by atoms with Gasteiger partial charge in [-0.2, -0.15) is 0 Å². The van der Waals surface area contributed by atoms with Crippen molar-refractivity contribution in [3.05, 3.63) is 11.8 Å². The molecule has 2 rings (SSSR count). The van der Waals surface area contributed by atoms with Crippen LogP contribution in [0.4, 0.5) is 0 Å². The molecule has 0 bridgehead atoms. The first-order valence-electron chi connectivity index (χ1n) is 5.72. The smallest absolute Gasteiger partial charge is 0.230 e. The summed E-state index contributed by atoms with van der Waals surface area (Å²) in [7, 11) is 2.12. The van der Waals surface area contributed by atoms with Crippen LogP contribution in [-0.4, -0.2) is 28.2 Å². The van der Waals surface area contributed by atoms with Crippen LogP contribution in [0.25, 0.3) is 0 Å². The Balaban J connectivity index is 1.89. The second-order valence-electron chi connectivity index (χ2n) is 4.44. The van der Waals surface area contributed by atoms with Crippen molar-refractivity contribution in [1.82, 2.24) is 15.1 Å². The summed E-state index contributed by atoms with van der Waals surface area (Å²) in [5, 5.41) is 8.00. The zero-order valence-corrected chi connectivity index (χ0v) is 9.73. The number of nitrogens with zero attached hydrogens (tertiary/aromatic N) is 3. The van der Waals surface area contributed by atoms with Crippen molar-refractivity contribution in [3.63, 3.8) is 0 Å². The van der Waals surface area contributed by atoms with E-state index in [-0.39, 0.29) is 0 Å². The van der Waals surface area contributed by atoms with Gasteiger partial charge < -0.3 is 4.42 Å². The minimum absolute atomic E-state index is 0.627. The standard InChI is InChI=1S/C11H19N3O/c1-4-10-12-13-11(15-10)7-14(3)8(2)9-5-6-9/h8-9H,4-7H2,1-3H3. The van der Waals surface area contributed by atoms with Crippen LogP contribution in [0.5, 0.6) is 0 Å². The van der Waals surface area contributed by atoms with Crippen LogP contribution >= 0.6 is 0 Å². The molecule has 1 saturated carbocycles. The molecule has 0 spiro atoms. The van der Waals surface area contributed by atoms with Gasteiger partial charge in [-0.3, -0.25) is 4.90 Å². The predicted octanol–water partition coefficient (Wildman–Crippen LogP) is 1.86. The number of rotatable bonds is 5. The van der Waals surface area contributed by atoms with Crippen LogP contribution in [0.1, 0.15) is 38.5 Å². The maximum absolute atomic E-state index is 5.49. The fourth-order valence-corrected chi connectivity index (χ4v) is 1.79. The van der Waals surface area contributed by atoms with Gasteiger partial charge in [-0.25, -0.2) is 0 Å². The van der Waals surface area contributed by atoms with Crippen molar-refractivity contribution in [2.75, 3.05) is 7.05 Å². The van der Waals surface area contributed by atoms with Gasteiger partial charge in [-0.05, 0) is 32.7 Å². The predicted molar refractivity (Wildman–Crippen MR) is 57.3 cm³/mol. The Morgan fingerprint density at radius 3 is 2.60 bits per heavy atom. The van der Waals surface area contributed by atoms with Gasteiger partial charge in [0.2, 0.25) is 11.8 Å². The van der Waals surface area contributed by atoms with E-state index in [0.29, 0.717) is 6.04 Å². The van der Waals surface area contributed by atoms with Gasteiger partial charge in [0, 0.05) is 12.5 Å². The SMILES string of the molecule is CCc1nnc(CN(C)C(C)C2CC2)o1. The third kappa shape index (κ3) is 2.56. The summed E-state index contributed by atoms with van der Waals surface area (Å²) in [6.07, 6.45) is 3.56. The monoisotopic (exact) mass is 209 g/mol. The third-order valence-corrected chi connectivity index (χ3v) is 3.20. The van der Waals surface area contributed by atoms with Gasteiger partial charge in [0.15, 0.2) is 0 Å². The first-order valence-corrected chi connectivity index (χ1v) is 5.72. The lowest BCUT2D eigenvalue weighted by atomic mass is 10.2. The van der Waals surface area contributed by atoms with E-state index >= 15 is 0 Å². The van der Waals surface area contributed by atoms with Crippen molar-refractivity contribution in [2.45, 2.75) is 45.7 Å². The van der Waals surface area contributed by atoms with E-state index in [1.807, 2.05) is 6.92 Å². The third-order valence-electron chi connectivity index (χ3n) is 3.20. The van der Waals surface area contributed by atoms with E-state index in [1.165, 1.54) is 12.8 Å². The molecular formula is C11H19N3O. The molecule has 15 heavy (non-hydrogen) atoms. The van der Waals surface area contributed by atoms with Crippen molar-refractivity contribution in [1.29, 1.82) is 0 Å². The van der Waals surface area contributed by atoms with Crippen molar-refractivity contribution in [2.24, 2.45) is 5.92 Å². The average Bonchev–Trinajstić information content (AvgIpc) is 2.98. The Kier molecular flexibility index (Phi) is 3.05. The molecule has 1 heterocycles. The highest BCUT2D eigenvalue weighted by Gasteiger charge is 2.30. The maximum atomic E-state index is 5.49. The van der Waals surface area contributed by atoms with Gasteiger partial charge in [-0.1, -0.05) is 6.92 Å². The average molecular weight is 209 g/mol. The van der Waals surface area contributed by atoms with Crippen LogP contribution in [-0.2, 0) is 13.0 Å². The molecule has 0 amide bonds. The normalized spacial score (nSPS) is 18.4. The lowest BCUT2D eigenvalue weighted by Gasteiger charge is -2.22. The zero-order valence-electron chi connectivity index (χ0n) is 9.73. The lowest BCUT2D eigenvalue weighted by molar-refractivity contribution is 0.204. The van der Waals surface area contributed by atoms with Crippen molar-refractivity contribution in [3.8, 4) is 0 Å². The molecule has 1 fully saturated rings. The van der Waals surface area contributed by atoms with E-state index in [2.05, 4.69) is 29.1 Å². The minimum atomic E-state index is 0.627. The molecule has 0 aliphatic heterocycles. The molecule has 1 aromatic rings. The van der Waals surface area contributed by atoms with Gasteiger partial charge in [0.1, 0.15) is 0 Å². The number of aryl methyl sites for hydroxylation is 1. The Hall–Kier alpha value is -0.900. The molecular weight excluding hydrogens is 190 g/mol. The maximum Gasteiger partial charge on any atom is 0.230 e. The molecule has 0 N–H and O–H groups in total. The Labute approximate surface area is 90.7 Å². The summed E-state index contributed by atoms with van der Waals surface area (Å²) in [6.45, 7) is 5.06. The van der Waals surface area contributed by atoms with Crippen LogP contribution in [0.15, 0.2) is 4.42 Å². The molecule has 1 aliphatic carbocycles. The molecule has 1 aliphatic rings. The van der Waals surface area contributed by atoms with Gasteiger partial charge >= 0.3 is 0 Å². The minimum Gasteiger partial charge on any atom is -0.424 e. The van der Waals surface area contributed by atoms with E-state index in [1.54, 1.807) is 0 Å². The molecule has 1 atom stereocenters. The Morgan fingerprint density at radius 1 is 1.40 bits per heavy atom. The molecule has 4 nitrogen and oxygen atoms in total. The molecule has 0 radical (unpaired) electrons. The fourth-order valence-electron chi connectivity index (χ4n) is 1.79. The van der Waals surface area contributed by atoms with E-state index in [9.17, 15) is 0 Å². The number of hydrogen-bond acceptors (Lipinski definition) is 4. The van der Waals surface area contributed by atoms with Crippen molar-refractivity contribution >= 4 is 0 Å². The van der Waals surface area contributed by atoms with Gasteiger partial charge in [0.05, 0.1) is 6.54 Å². The van der Waals surface area contributed by atoms with E-state index in [4.69, 9.17) is 4.42 Å². The molecule has 1 aromatic heterocycles. The van der Waals surface area contributed by atoms with Crippen LogP contribution in [0.2, 0.25) is 0 Å². The lowest BCUT2D eigenvalue weighted by Crippen LogP contribution is -2.30. The molecule has 0 saturated heterocycles. The van der Waals surface area contributed by atoms with Gasteiger partial charge in [0.25, 0.3) is 0 Å². The Bertz CT molecular complexity index is 319. The summed E-state index contributed by atoms with van der Waals surface area (Å²) in [4.78, 5) is 2.30. The van der Waals surface area contributed by atoms with E-state index < -0.39 is 0 Å². The molecule has 84 valence electrons. The summed E-state index contributed by atoms with van der Waals surface area (Å²) in [5.74, 6) is 2.35. The second-order valence-corrected chi connectivity index (χ2v) is 4.44. The number of hydrogen-bond donors (Lipinski definition) is 0. The van der Waals surface area contributed by atoms with Crippen molar-refractivity contribution < 1.29 is 4.42 Å². The summed E-state index contributed by atoms with van der Waals surface area (Å²) < 4.78 is 5.49. The largest absolute Gasteiger partial charge is 0.424 e. The number of aromatic nitrogens is 2. The summed E-state index contributed by atoms with van der Waals surface area (Å²) >= 11 is 0. The highest BCUT2D eigenvalue weighted by molar-refractivity contribution is 4.87. The quantitative estimate of drug-likeness (QED) is 0.742. The first-order chi connectivity index (χ1) is 7.20. The molecule has 0 aromatic carbocycles.